The highest BCUT2D eigenvalue weighted by Crippen LogP contribution is 2.32. The van der Waals surface area contributed by atoms with E-state index >= 15 is 0 Å². The van der Waals surface area contributed by atoms with Gasteiger partial charge in [0.25, 0.3) is 0 Å². The van der Waals surface area contributed by atoms with Crippen LogP contribution >= 0.6 is 11.6 Å². The third-order valence-electron chi connectivity index (χ3n) is 3.93. The van der Waals surface area contributed by atoms with E-state index < -0.39 is 0 Å². The summed E-state index contributed by atoms with van der Waals surface area (Å²) in [6.45, 7) is 3.39. The highest BCUT2D eigenvalue weighted by Gasteiger charge is 2.32. The Balaban J connectivity index is 1.47. The average Bonchev–Trinajstić information content (AvgIpc) is 3.20. The molecule has 2 heterocycles. The van der Waals surface area contributed by atoms with Crippen molar-refractivity contribution in [3.63, 3.8) is 0 Å². The lowest BCUT2D eigenvalue weighted by Gasteiger charge is -2.23. The molecule has 1 aromatic carbocycles. The number of benzene rings is 1. The largest absolute Gasteiger partial charge is 0.492 e. The van der Waals surface area contributed by atoms with Gasteiger partial charge in [-0.25, -0.2) is 4.79 Å². The number of ether oxygens (including phenoxy) is 1. The SMILES string of the molecule is Cc1cc([C@@H]2CCCN2C(=O)NCCOc2cccc(Cl)c2)on1. The molecule has 128 valence electrons. The van der Waals surface area contributed by atoms with Crippen LogP contribution in [0, 0.1) is 6.92 Å². The van der Waals surface area contributed by atoms with Crippen molar-refractivity contribution in [2.45, 2.75) is 25.8 Å². The van der Waals surface area contributed by atoms with E-state index in [1.54, 1.807) is 17.0 Å². The number of likely N-dealkylation sites (tertiary alicyclic amines) is 1. The van der Waals surface area contributed by atoms with Crippen LogP contribution < -0.4 is 10.1 Å². The first-order valence-electron chi connectivity index (χ1n) is 7.99. The number of nitrogens with zero attached hydrogens (tertiary/aromatic N) is 2. The molecule has 1 N–H and O–H groups in total. The van der Waals surface area contributed by atoms with Crippen LogP contribution in [0.25, 0.3) is 0 Å². The number of carbonyl (C=O) groups is 1. The molecular formula is C17H20ClN3O3. The molecule has 6 nitrogen and oxygen atoms in total. The van der Waals surface area contributed by atoms with Crippen molar-refractivity contribution < 1.29 is 14.1 Å². The zero-order valence-corrected chi connectivity index (χ0v) is 14.3. The molecule has 1 aliphatic rings. The topological polar surface area (TPSA) is 67.6 Å². The summed E-state index contributed by atoms with van der Waals surface area (Å²) in [6.07, 6.45) is 1.85. The Bertz CT molecular complexity index is 704. The Labute approximate surface area is 145 Å². The summed E-state index contributed by atoms with van der Waals surface area (Å²) in [5.41, 5.74) is 0.826. The Morgan fingerprint density at radius 2 is 2.38 bits per heavy atom. The van der Waals surface area contributed by atoms with E-state index in [9.17, 15) is 4.79 Å². The first-order valence-corrected chi connectivity index (χ1v) is 8.37. The van der Waals surface area contributed by atoms with Crippen LogP contribution in [0.5, 0.6) is 5.75 Å². The van der Waals surface area contributed by atoms with Gasteiger partial charge in [-0.15, -0.1) is 0 Å². The minimum absolute atomic E-state index is 0.0416. The van der Waals surface area contributed by atoms with Crippen LogP contribution in [0.1, 0.15) is 30.3 Å². The number of aryl methyl sites for hydroxylation is 1. The molecule has 0 spiro atoms. The zero-order valence-electron chi connectivity index (χ0n) is 13.5. The van der Waals surface area contributed by atoms with Crippen molar-refractivity contribution in [2.75, 3.05) is 19.7 Å². The number of hydrogen-bond acceptors (Lipinski definition) is 4. The van der Waals surface area contributed by atoms with Gasteiger partial charge in [-0.2, -0.15) is 0 Å². The van der Waals surface area contributed by atoms with Gasteiger partial charge in [0.1, 0.15) is 12.4 Å². The lowest BCUT2D eigenvalue weighted by Crippen LogP contribution is -2.41. The molecule has 2 amide bonds. The smallest absolute Gasteiger partial charge is 0.318 e. The molecule has 1 aromatic heterocycles. The lowest BCUT2D eigenvalue weighted by molar-refractivity contribution is 0.180. The molecule has 1 atom stereocenters. The highest BCUT2D eigenvalue weighted by molar-refractivity contribution is 6.30. The van der Waals surface area contributed by atoms with Gasteiger partial charge in [0.2, 0.25) is 0 Å². The van der Waals surface area contributed by atoms with Crippen molar-refractivity contribution in [3.8, 4) is 5.75 Å². The van der Waals surface area contributed by atoms with Crippen molar-refractivity contribution >= 4 is 17.6 Å². The summed E-state index contributed by atoms with van der Waals surface area (Å²) < 4.78 is 10.9. The minimum atomic E-state index is -0.110. The van der Waals surface area contributed by atoms with Gasteiger partial charge in [-0.3, -0.25) is 0 Å². The number of halogens is 1. The number of hydrogen-bond donors (Lipinski definition) is 1. The van der Waals surface area contributed by atoms with E-state index in [0.717, 1.165) is 24.3 Å². The Morgan fingerprint density at radius 1 is 1.50 bits per heavy atom. The highest BCUT2D eigenvalue weighted by atomic mass is 35.5. The Hall–Kier alpha value is -2.21. The van der Waals surface area contributed by atoms with Crippen LogP contribution in [0.3, 0.4) is 0 Å². The first-order chi connectivity index (χ1) is 11.6. The number of nitrogens with one attached hydrogen (secondary N) is 1. The Kier molecular flexibility index (Phi) is 5.25. The van der Waals surface area contributed by atoms with Crippen molar-refractivity contribution in [1.29, 1.82) is 0 Å². The van der Waals surface area contributed by atoms with E-state index in [1.807, 2.05) is 25.1 Å². The van der Waals surface area contributed by atoms with Crippen molar-refractivity contribution in [2.24, 2.45) is 0 Å². The maximum absolute atomic E-state index is 12.4. The van der Waals surface area contributed by atoms with Crippen molar-refractivity contribution in [3.05, 3.63) is 46.8 Å². The molecule has 2 aromatic rings. The van der Waals surface area contributed by atoms with Crippen LogP contribution in [0.4, 0.5) is 4.79 Å². The number of carbonyl (C=O) groups excluding carboxylic acids is 1. The van der Waals surface area contributed by atoms with E-state index in [0.29, 0.717) is 30.5 Å². The third-order valence-corrected chi connectivity index (χ3v) is 4.17. The third kappa shape index (κ3) is 4.00. The summed E-state index contributed by atoms with van der Waals surface area (Å²) in [6, 6.07) is 8.92. The first kappa shape index (κ1) is 16.6. The molecule has 1 fully saturated rings. The van der Waals surface area contributed by atoms with Crippen molar-refractivity contribution in [1.82, 2.24) is 15.4 Å². The molecule has 1 aliphatic heterocycles. The van der Waals surface area contributed by atoms with Gasteiger partial charge in [0.15, 0.2) is 5.76 Å². The molecule has 0 saturated carbocycles. The number of urea groups is 1. The van der Waals surface area contributed by atoms with Crippen LogP contribution in [0.15, 0.2) is 34.9 Å². The molecule has 24 heavy (non-hydrogen) atoms. The minimum Gasteiger partial charge on any atom is -0.492 e. The van der Waals surface area contributed by atoms with Crippen LogP contribution in [0.2, 0.25) is 5.02 Å². The van der Waals surface area contributed by atoms with E-state index in [4.69, 9.17) is 20.9 Å². The summed E-state index contributed by atoms with van der Waals surface area (Å²) >= 11 is 5.90. The quantitative estimate of drug-likeness (QED) is 0.838. The van der Waals surface area contributed by atoms with Crippen LogP contribution in [-0.2, 0) is 0 Å². The molecule has 0 aliphatic carbocycles. The summed E-state index contributed by atoms with van der Waals surface area (Å²) in [5, 5.41) is 7.41. The molecule has 3 rings (SSSR count). The maximum atomic E-state index is 12.4. The Morgan fingerprint density at radius 3 is 3.12 bits per heavy atom. The fourth-order valence-corrected chi connectivity index (χ4v) is 3.01. The van der Waals surface area contributed by atoms with Gasteiger partial charge in [-0.05, 0) is 38.0 Å². The maximum Gasteiger partial charge on any atom is 0.318 e. The predicted molar refractivity (Wildman–Crippen MR) is 90.3 cm³/mol. The molecule has 7 heteroatoms. The van der Waals surface area contributed by atoms with Gasteiger partial charge in [0.05, 0.1) is 18.3 Å². The normalized spacial score (nSPS) is 17.1. The average molecular weight is 350 g/mol. The second-order valence-corrected chi connectivity index (χ2v) is 6.20. The van der Waals surface area contributed by atoms with Gasteiger partial charge >= 0.3 is 6.03 Å². The monoisotopic (exact) mass is 349 g/mol. The van der Waals surface area contributed by atoms with E-state index in [-0.39, 0.29) is 12.1 Å². The molecule has 1 saturated heterocycles. The van der Waals surface area contributed by atoms with Gasteiger partial charge in [0, 0.05) is 17.6 Å². The van der Waals surface area contributed by atoms with Gasteiger partial charge in [-0.1, -0.05) is 22.8 Å². The summed E-state index contributed by atoms with van der Waals surface area (Å²) in [4.78, 5) is 14.2. The predicted octanol–water partition coefficient (Wildman–Crippen LogP) is 3.56. The number of rotatable bonds is 5. The molecule has 0 bridgehead atoms. The van der Waals surface area contributed by atoms with E-state index in [1.165, 1.54) is 0 Å². The summed E-state index contributed by atoms with van der Waals surface area (Å²) in [7, 11) is 0. The standard InChI is InChI=1S/C17H20ClN3O3/c1-12-10-16(24-20-12)15-6-3-8-21(15)17(22)19-7-9-23-14-5-2-4-13(18)11-14/h2,4-5,10-11,15H,3,6-9H2,1H3,(H,19,22)/t15-/m0/s1. The van der Waals surface area contributed by atoms with Crippen LogP contribution in [-0.4, -0.2) is 35.8 Å². The lowest BCUT2D eigenvalue weighted by atomic mass is 10.1. The zero-order chi connectivity index (χ0) is 16.9. The number of aromatic nitrogens is 1. The second-order valence-electron chi connectivity index (χ2n) is 5.76. The molecule has 0 radical (unpaired) electrons. The second kappa shape index (κ2) is 7.57. The fourth-order valence-electron chi connectivity index (χ4n) is 2.83. The van der Waals surface area contributed by atoms with Gasteiger partial charge < -0.3 is 19.5 Å². The summed E-state index contributed by atoms with van der Waals surface area (Å²) in [5.74, 6) is 1.43. The molecular weight excluding hydrogens is 330 g/mol. The number of amides is 2. The fraction of sp³-hybridized carbons (Fsp3) is 0.412. The molecule has 0 unspecified atom stereocenters. The van der Waals surface area contributed by atoms with E-state index in [2.05, 4.69) is 10.5 Å².